The van der Waals surface area contributed by atoms with E-state index in [2.05, 4.69) is 25.4 Å². The Hall–Kier alpha value is -3.39. The largest absolute Gasteiger partial charge is 0.346 e. The van der Waals surface area contributed by atoms with Gasteiger partial charge in [-0.25, -0.2) is 4.98 Å². The molecule has 0 aliphatic heterocycles. The summed E-state index contributed by atoms with van der Waals surface area (Å²) in [5.74, 6) is 0.456. The maximum Gasteiger partial charge on any atom is 0.280 e. The highest BCUT2D eigenvalue weighted by Gasteiger charge is 2.17. The van der Waals surface area contributed by atoms with Gasteiger partial charge < -0.3 is 9.84 Å². The lowest BCUT2D eigenvalue weighted by atomic mass is 10.1. The van der Waals surface area contributed by atoms with Crippen LogP contribution in [0.1, 0.15) is 20.9 Å². The number of carbonyl (C=O) groups is 1. The Morgan fingerprint density at radius 3 is 2.81 bits per heavy atom. The number of hydrogen-bond donors (Lipinski definition) is 1. The van der Waals surface area contributed by atoms with Gasteiger partial charge in [0.05, 0.1) is 0 Å². The fourth-order valence-electron chi connectivity index (χ4n) is 2.38. The van der Waals surface area contributed by atoms with Crippen molar-refractivity contribution in [1.29, 1.82) is 0 Å². The third-order valence-corrected chi connectivity index (χ3v) is 4.68. The van der Waals surface area contributed by atoms with E-state index in [0.717, 1.165) is 11.1 Å². The quantitative estimate of drug-likeness (QED) is 0.572. The van der Waals surface area contributed by atoms with Crippen LogP contribution in [0.3, 0.4) is 0 Å². The molecule has 27 heavy (non-hydrogen) atoms. The summed E-state index contributed by atoms with van der Waals surface area (Å²) in [6.07, 6.45) is 3.33. The van der Waals surface area contributed by atoms with Crippen LogP contribution < -0.4 is 5.32 Å². The zero-order valence-corrected chi connectivity index (χ0v) is 15.2. The Labute approximate surface area is 159 Å². The van der Waals surface area contributed by atoms with Crippen LogP contribution in [0.4, 0.5) is 0 Å². The van der Waals surface area contributed by atoms with Crippen LogP contribution in [-0.2, 0) is 6.54 Å². The molecule has 8 heteroatoms. The van der Waals surface area contributed by atoms with Gasteiger partial charge in [0.15, 0.2) is 5.01 Å². The van der Waals surface area contributed by atoms with Crippen LogP contribution in [0.5, 0.6) is 0 Å². The third kappa shape index (κ3) is 3.90. The minimum absolute atomic E-state index is 0.237. The first-order chi connectivity index (χ1) is 13.2. The van der Waals surface area contributed by atoms with E-state index in [4.69, 9.17) is 4.52 Å². The Bertz CT molecular complexity index is 1060. The molecule has 1 N–H and O–H groups in total. The first-order valence-corrected chi connectivity index (χ1v) is 9.11. The van der Waals surface area contributed by atoms with Gasteiger partial charge >= 0.3 is 0 Å². The summed E-state index contributed by atoms with van der Waals surface area (Å²) in [5, 5.41) is 8.87. The Morgan fingerprint density at radius 1 is 1.19 bits per heavy atom. The SMILES string of the molecule is Cc1ccc(CNC(=O)c2nc(-c3nc(-c4cccnc4)no3)cs2)cc1. The van der Waals surface area contributed by atoms with Crippen LogP contribution in [0.25, 0.3) is 23.0 Å². The molecular weight excluding hydrogens is 362 g/mol. The van der Waals surface area contributed by atoms with E-state index in [0.29, 0.717) is 23.1 Å². The summed E-state index contributed by atoms with van der Waals surface area (Å²) in [7, 11) is 0. The number of rotatable bonds is 5. The van der Waals surface area contributed by atoms with E-state index in [1.165, 1.54) is 16.9 Å². The van der Waals surface area contributed by atoms with Gasteiger partial charge in [-0.3, -0.25) is 9.78 Å². The molecule has 3 heterocycles. The molecule has 0 saturated heterocycles. The van der Waals surface area contributed by atoms with Gasteiger partial charge in [0.2, 0.25) is 5.82 Å². The van der Waals surface area contributed by atoms with Crippen LogP contribution in [0.2, 0.25) is 0 Å². The Kier molecular flexibility index (Phi) is 4.71. The summed E-state index contributed by atoms with van der Waals surface area (Å²) in [5.41, 5.74) is 3.44. The van der Waals surface area contributed by atoms with Crippen LogP contribution >= 0.6 is 11.3 Å². The van der Waals surface area contributed by atoms with Crippen molar-refractivity contribution in [3.63, 3.8) is 0 Å². The molecular formula is C19H15N5O2S. The number of aromatic nitrogens is 4. The van der Waals surface area contributed by atoms with Gasteiger partial charge in [-0.1, -0.05) is 35.0 Å². The predicted octanol–water partition coefficient (Wildman–Crippen LogP) is 3.49. The van der Waals surface area contributed by atoms with Crippen molar-refractivity contribution >= 4 is 17.2 Å². The fraction of sp³-hybridized carbons (Fsp3) is 0.105. The van der Waals surface area contributed by atoms with E-state index in [1.807, 2.05) is 37.3 Å². The van der Waals surface area contributed by atoms with Crippen molar-refractivity contribution < 1.29 is 9.32 Å². The summed E-state index contributed by atoms with van der Waals surface area (Å²) < 4.78 is 5.26. The number of pyridine rings is 1. The molecule has 4 aromatic rings. The number of aryl methyl sites for hydroxylation is 1. The first-order valence-electron chi connectivity index (χ1n) is 8.23. The minimum atomic E-state index is -0.237. The van der Waals surface area contributed by atoms with Crippen LogP contribution in [0.15, 0.2) is 58.7 Å². The number of nitrogens with zero attached hydrogens (tertiary/aromatic N) is 4. The summed E-state index contributed by atoms with van der Waals surface area (Å²) in [4.78, 5) is 25.0. The zero-order chi connectivity index (χ0) is 18.6. The van der Waals surface area contributed by atoms with E-state index in [-0.39, 0.29) is 11.8 Å². The molecule has 7 nitrogen and oxygen atoms in total. The van der Waals surface area contributed by atoms with Crippen molar-refractivity contribution in [2.24, 2.45) is 0 Å². The second kappa shape index (κ2) is 7.46. The molecule has 134 valence electrons. The van der Waals surface area contributed by atoms with Crippen molar-refractivity contribution in [2.45, 2.75) is 13.5 Å². The molecule has 1 aromatic carbocycles. The highest BCUT2D eigenvalue weighted by atomic mass is 32.1. The van der Waals surface area contributed by atoms with Gasteiger partial charge in [-0.05, 0) is 24.6 Å². The molecule has 0 aliphatic rings. The van der Waals surface area contributed by atoms with E-state index < -0.39 is 0 Å². The monoisotopic (exact) mass is 377 g/mol. The molecule has 0 fully saturated rings. The van der Waals surface area contributed by atoms with Crippen molar-refractivity contribution in [3.8, 4) is 23.0 Å². The van der Waals surface area contributed by atoms with Crippen LogP contribution in [0, 0.1) is 6.92 Å². The predicted molar refractivity (Wildman–Crippen MR) is 101 cm³/mol. The Balaban J connectivity index is 1.44. The maximum atomic E-state index is 12.3. The van der Waals surface area contributed by atoms with Gasteiger partial charge in [0.1, 0.15) is 5.69 Å². The lowest BCUT2D eigenvalue weighted by molar-refractivity contribution is 0.0950. The number of benzene rings is 1. The number of nitrogens with one attached hydrogen (secondary N) is 1. The average Bonchev–Trinajstić information content (AvgIpc) is 3.37. The summed E-state index contributed by atoms with van der Waals surface area (Å²) in [6.45, 7) is 2.47. The molecule has 0 saturated carbocycles. The van der Waals surface area contributed by atoms with Crippen molar-refractivity contribution in [2.75, 3.05) is 0 Å². The fourth-order valence-corrected chi connectivity index (χ4v) is 3.09. The highest BCUT2D eigenvalue weighted by molar-refractivity contribution is 7.12. The number of hydrogen-bond acceptors (Lipinski definition) is 7. The molecule has 3 aromatic heterocycles. The molecule has 0 bridgehead atoms. The third-order valence-electron chi connectivity index (χ3n) is 3.84. The smallest absolute Gasteiger partial charge is 0.280 e. The molecule has 0 atom stereocenters. The van der Waals surface area contributed by atoms with Crippen LogP contribution in [-0.4, -0.2) is 26.0 Å². The lowest BCUT2D eigenvalue weighted by Crippen LogP contribution is -2.22. The van der Waals surface area contributed by atoms with Gasteiger partial charge in [-0.2, -0.15) is 4.98 Å². The molecule has 0 spiro atoms. The summed E-state index contributed by atoms with van der Waals surface area (Å²) in [6, 6.07) is 11.6. The number of amides is 1. The van der Waals surface area contributed by atoms with E-state index >= 15 is 0 Å². The van der Waals surface area contributed by atoms with Gasteiger partial charge in [0.25, 0.3) is 11.8 Å². The normalized spacial score (nSPS) is 10.7. The number of carbonyl (C=O) groups excluding carboxylic acids is 1. The average molecular weight is 377 g/mol. The molecule has 4 rings (SSSR count). The maximum absolute atomic E-state index is 12.3. The number of thiazole rings is 1. The molecule has 0 unspecified atom stereocenters. The van der Waals surface area contributed by atoms with Crippen molar-refractivity contribution in [1.82, 2.24) is 25.4 Å². The topological polar surface area (TPSA) is 93.8 Å². The highest BCUT2D eigenvalue weighted by Crippen LogP contribution is 2.23. The standard InChI is InChI=1S/C19H15N5O2S/c1-12-4-6-13(7-5-12)9-21-17(25)19-22-15(11-27-19)18-23-16(24-26-18)14-3-2-8-20-10-14/h2-8,10-11H,9H2,1H3,(H,21,25). The lowest BCUT2D eigenvalue weighted by Gasteiger charge is -2.03. The van der Waals surface area contributed by atoms with Crippen molar-refractivity contribution in [3.05, 3.63) is 70.3 Å². The zero-order valence-electron chi connectivity index (χ0n) is 14.4. The van der Waals surface area contributed by atoms with Gasteiger partial charge in [0, 0.05) is 29.9 Å². The molecule has 1 amide bonds. The Morgan fingerprint density at radius 2 is 2.04 bits per heavy atom. The second-order valence-electron chi connectivity index (χ2n) is 5.87. The molecule has 0 aliphatic carbocycles. The van der Waals surface area contributed by atoms with Gasteiger partial charge in [-0.15, -0.1) is 11.3 Å². The summed E-state index contributed by atoms with van der Waals surface area (Å²) >= 11 is 1.23. The molecule has 0 radical (unpaired) electrons. The minimum Gasteiger partial charge on any atom is -0.346 e. The second-order valence-corrected chi connectivity index (χ2v) is 6.73. The van der Waals surface area contributed by atoms with E-state index in [9.17, 15) is 4.79 Å². The van der Waals surface area contributed by atoms with E-state index in [1.54, 1.807) is 23.8 Å². The first kappa shape index (κ1) is 17.0.